The van der Waals surface area contributed by atoms with Gasteiger partial charge in [0, 0.05) is 33.3 Å². The van der Waals surface area contributed by atoms with Crippen LogP contribution in [-0.4, -0.2) is 14.5 Å². The quantitative estimate of drug-likeness (QED) is 0.179. The molecule has 3 nitrogen and oxygen atoms in total. The molecule has 238 valence electrons. The molecule has 1 atom stereocenters. The Labute approximate surface area is 291 Å². The van der Waals surface area contributed by atoms with Crippen molar-refractivity contribution in [2.45, 2.75) is 26.2 Å². The van der Waals surface area contributed by atoms with E-state index in [2.05, 4.69) is 157 Å². The topological polar surface area (TPSA) is 30.7 Å². The maximum atomic E-state index is 5.13. The molecule has 2 aliphatic rings. The Hall–Kier alpha value is -6.06. The molecule has 0 N–H and O–H groups in total. The number of hydrogen-bond donors (Lipinski definition) is 0. The molecule has 1 unspecified atom stereocenters. The molecule has 0 fully saturated rings. The van der Waals surface area contributed by atoms with E-state index in [9.17, 15) is 0 Å². The van der Waals surface area contributed by atoms with Crippen molar-refractivity contribution in [3.05, 3.63) is 163 Å². The fourth-order valence-electron chi connectivity index (χ4n) is 8.20. The predicted molar refractivity (Wildman–Crippen MR) is 211 cm³/mol. The van der Waals surface area contributed by atoms with E-state index in [1.54, 1.807) is 0 Å². The van der Waals surface area contributed by atoms with E-state index in [0.29, 0.717) is 5.92 Å². The SMILES string of the molecule is CC1C=Cc2c(c3c4ccccc4c4c5ccccc5ccc4c3n2-c2ccc(-c3nc(C4=CCCC=C4)cc(-c4ccccc4)n3)cc2)C1. The highest BCUT2D eigenvalue weighted by Crippen LogP contribution is 2.45. The third kappa shape index (κ3) is 4.58. The molecule has 0 saturated carbocycles. The lowest BCUT2D eigenvalue weighted by atomic mass is 9.89. The fraction of sp³-hybridized carbons (Fsp3) is 0.106. The van der Waals surface area contributed by atoms with E-state index in [0.717, 1.165) is 58.9 Å². The zero-order valence-electron chi connectivity index (χ0n) is 28.0. The number of fused-ring (bicyclic) bond motifs is 10. The van der Waals surface area contributed by atoms with E-state index < -0.39 is 0 Å². The highest BCUT2D eigenvalue weighted by molar-refractivity contribution is 6.32. The summed E-state index contributed by atoms with van der Waals surface area (Å²) < 4.78 is 2.50. The minimum atomic E-state index is 0.479. The molecule has 3 heteroatoms. The monoisotopic (exact) mass is 641 g/mol. The summed E-state index contributed by atoms with van der Waals surface area (Å²) in [6.07, 6.45) is 14.6. The molecule has 0 radical (unpaired) electrons. The van der Waals surface area contributed by atoms with Gasteiger partial charge in [-0.3, -0.25) is 0 Å². The second-order valence-corrected chi connectivity index (χ2v) is 13.7. The average molecular weight is 642 g/mol. The van der Waals surface area contributed by atoms with Crippen molar-refractivity contribution in [1.29, 1.82) is 0 Å². The molecular formula is C47H35N3. The standard InChI is InChI=1S/C47H35N3/c1-30-20-27-43-40(28-30)45-38-19-11-10-18-37(38)44-36-17-9-8-12-31(36)23-26-39(44)46(45)50(43)35-24-21-34(22-25-35)47-48-41(32-13-4-2-5-14-32)29-42(49-47)33-15-6-3-7-16-33/h2,4-6,8-27,29-30H,3,7,28H2,1H3. The van der Waals surface area contributed by atoms with Gasteiger partial charge in [0.25, 0.3) is 0 Å². The molecule has 2 aliphatic carbocycles. The zero-order valence-corrected chi connectivity index (χ0v) is 28.0. The Morgan fingerprint density at radius 2 is 1.36 bits per heavy atom. The lowest BCUT2D eigenvalue weighted by molar-refractivity contribution is 0.718. The number of benzene rings is 6. The summed E-state index contributed by atoms with van der Waals surface area (Å²) in [6, 6.07) is 43.9. The van der Waals surface area contributed by atoms with Crippen LogP contribution in [0.1, 0.15) is 36.7 Å². The Balaban J connectivity index is 1.21. The van der Waals surface area contributed by atoms with Crippen LogP contribution in [0, 0.1) is 5.92 Å². The number of nitrogens with zero attached hydrogens (tertiary/aromatic N) is 3. The van der Waals surface area contributed by atoms with Crippen LogP contribution < -0.4 is 0 Å². The summed E-state index contributed by atoms with van der Waals surface area (Å²) in [5.74, 6) is 1.22. The molecule has 0 saturated heterocycles. The molecule has 6 aromatic carbocycles. The Kier molecular flexibility index (Phi) is 6.67. The van der Waals surface area contributed by atoms with Crippen LogP contribution in [0.25, 0.3) is 83.2 Å². The molecule has 0 bridgehead atoms. The highest BCUT2D eigenvalue weighted by atomic mass is 15.0. The van der Waals surface area contributed by atoms with E-state index in [1.165, 1.54) is 54.5 Å². The molecule has 0 amide bonds. The third-order valence-electron chi connectivity index (χ3n) is 10.5. The Bertz CT molecular complexity index is 2730. The summed E-state index contributed by atoms with van der Waals surface area (Å²) in [4.78, 5) is 10.2. The largest absolute Gasteiger partial charge is 0.309 e. The molecule has 8 aromatic rings. The van der Waals surface area contributed by atoms with Crippen LogP contribution in [0.2, 0.25) is 0 Å². The smallest absolute Gasteiger partial charge is 0.160 e. The number of aromatic nitrogens is 3. The van der Waals surface area contributed by atoms with Crippen molar-refractivity contribution in [2.75, 3.05) is 0 Å². The van der Waals surface area contributed by atoms with Crippen LogP contribution >= 0.6 is 0 Å². The molecule has 2 heterocycles. The molecule has 0 spiro atoms. The van der Waals surface area contributed by atoms with Crippen molar-refractivity contribution in [3.63, 3.8) is 0 Å². The van der Waals surface area contributed by atoms with Gasteiger partial charge >= 0.3 is 0 Å². The first kappa shape index (κ1) is 28.9. The Morgan fingerprint density at radius 3 is 2.16 bits per heavy atom. The van der Waals surface area contributed by atoms with Crippen molar-refractivity contribution < 1.29 is 0 Å². The van der Waals surface area contributed by atoms with E-state index in [1.807, 2.05) is 6.07 Å². The second kappa shape index (κ2) is 11.5. The van der Waals surface area contributed by atoms with Crippen LogP contribution in [0.15, 0.2) is 146 Å². The molecule has 2 aromatic heterocycles. The number of hydrogen-bond acceptors (Lipinski definition) is 2. The lowest BCUT2D eigenvalue weighted by Gasteiger charge is -2.16. The van der Waals surface area contributed by atoms with Crippen LogP contribution in [0.4, 0.5) is 0 Å². The van der Waals surface area contributed by atoms with Crippen molar-refractivity contribution in [3.8, 4) is 28.3 Å². The predicted octanol–water partition coefficient (Wildman–Crippen LogP) is 12.2. The van der Waals surface area contributed by atoms with E-state index in [-0.39, 0.29) is 0 Å². The van der Waals surface area contributed by atoms with Gasteiger partial charge in [0.15, 0.2) is 5.82 Å². The van der Waals surface area contributed by atoms with Gasteiger partial charge in [-0.1, -0.05) is 122 Å². The maximum Gasteiger partial charge on any atom is 0.160 e. The average Bonchev–Trinajstić information content (AvgIpc) is 3.53. The van der Waals surface area contributed by atoms with Crippen LogP contribution in [0.3, 0.4) is 0 Å². The first-order valence-electron chi connectivity index (χ1n) is 17.7. The molecule has 50 heavy (non-hydrogen) atoms. The minimum Gasteiger partial charge on any atom is -0.309 e. The van der Waals surface area contributed by atoms with Crippen LogP contribution in [0.5, 0.6) is 0 Å². The van der Waals surface area contributed by atoms with Gasteiger partial charge in [0.1, 0.15) is 0 Å². The Morgan fingerprint density at radius 1 is 0.620 bits per heavy atom. The van der Waals surface area contributed by atoms with Crippen LogP contribution in [-0.2, 0) is 6.42 Å². The summed E-state index contributed by atoms with van der Waals surface area (Å²) in [5.41, 5.74) is 10.3. The van der Waals surface area contributed by atoms with Crippen molar-refractivity contribution in [2.24, 2.45) is 5.92 Å². The van der Waals surface area contributed by atoms with Crippen molar-refractivity contribution in [1.82, 2.24) is 14.5 Å². The van der Waals surface area contributed by atoms with Gasteiger partial charge in [-0.2, -0.15) is 0 Å². The van der Waals surface area contributed by atoms with Gasteiger partial charge in [-0.05, 0) is 99.7 Å². The van der Waals surface area contributed by atoms with Gasteiger partial charge in [0.05, 0.1) is 16.9 Å². The first-order valence-corrected chi connectivity index (χ1v) is 17.7. The summed E-state index contributed by atoms with van der Waals surface area (Å²) in [5, 5.41) is 9.18. The van der Waals surface area contributed by atoms with Gasteiger partial charge < -0.3 is 4.57 Å². The van der Waals surface area contributed by atoms with Gasteiger partial charge in [0.2, 0.25) is 0 Å². The van der Waals surface area contributed by atoms with Gasteiger partial charge in [-0.25, -0.2) is 9.97 Å². The lowest BCUT2D eigenvalue weighted by Crippen LogP contribution is -2.05. The number of rotatable bonds is 4. The van der Waals surface area contributed by atoms with E-state index >= 15 is 0 Å². The van der Waals surface area contributed by atoms with Crippen molar-refractivity contribution >= 4 is 54.9 Å². The minimum absolute atomic E-state index is 0.479. The highest BCUT2D eigenvalue weighted by Gasteiger charge is 2.25. The summed E-state index contributed by atoms with van der Waals surface area (Å²) in [7, 11) is 0. The summed E-state index contributed by atoms with van der Waals surface area (Å²) in [6.45, 7) is 2.32. The third-order valence-corrected chi connectivity index (χ3v) is 10.5. The normalized spacial score (nSPS) is 15.6. The molecular weight excluding hydrogens is 607 g/mol. The zero-order chi connectivity index (χ0) is 33.2. The first-order chi connectivity index (χ1) is 24.7. The van der Waals surface area contributed by atoms with Gasteiger partial charge in [-0.15, -0.1) is 0 Å². The second-order valence-electron chi connectivity index (χ2n) is 13.7. The fourth-order valence-corrected chi connectivity index (χ4v) is 8.20. The summed E-state index contributed by atoms with van der Waals surface area (Å²) >= 11 is 0. The maximum absolute atomic E-state index is 5.13. The molecule has 0 aliphatic heterocycles. The number of allylic oxidation sites excluding steroid dienone is 5. The molecule has 10 rings (SSSR count). The van der Waals surface area contributed by atoms with E-state index in [4.69, 9.17) is 9.97 Å².